The van der Waals surface area contributed by atoms with Gasteiger partial charge >= 0.3 is 0 Å². The standard InChI is InChI=1S/2C24H27N2.2C23H25N2.C22H23N2/c2*1-15(2)17-11-13-26(6)20(14-17)21-16(3)9-10-18-22(21)24(4,5)19-8-7-12-25-23(18)19;2*1-6-16-11-13-25(5)19(14-16)20-15(2)9-10-17-21(20)23(3,4)18-8-7-12-24-22(17)18;1-14-10-12-24(5)18(13-14)19-15(2)8-9-16-20(19)22(3,4)17-7-6-11-23-21(16)17/h2*7-15H,1-6H3;2*7-14H,6H2,1-5H3;6-13H,1-5H3/q5*+1/i1D3,15D;;;;3D3. The van der Waals surface area contributed by atoms with Gasteiger partial charge in [0.05, 0.1) is 56.3 Å². The van der Waals surface area contributed by atoms with Gasteiger partial charge in [-0.15, -0.1) is 0 Å². The van der Waals surface area contributed by atoms with Crippen LogP contribution in [0.5, 0.6) is 0 Å². The molecule has 0 bridgehead atoms. The van der Waals surface area contributed by atoms with Gasteiger partial charge in [0.1, 0.15) is 35.2 Å². The fourth-order valence-electron chi connectivity index (χ4n) is 20.8. The molecule has 636 valence electrons. The van der Waals surface area contributed by atoms with Crippen molar-refractivity contribution >= 4 is 0 Å². The van der Waals surface area contributed by atoms with E-state index >= 15 is 0 Å². The van der Waals surface area contributed by atoms with E-state index in [1.54, 1.807) is 12.3 Å². The highest BCUT2D eigenvalue weighted by Gasteiger charge is 2.46. The first-order valence-electron chi connectivity index (χ1n) is 48.2. The highest BCUT2D eigenvalue weighted by molar-refractivity contribution is 5.92. The largest absolute Gasteiger partial charge is 0.256 e. The quantitative estimate of drug-likeness (QED) is 0.134. The van der Waals surface area contributed by atoms with E-state index in [2.05, 4.69) is 331 Å². The third kappa shape index (κ3) is 14.7. The zero-order chi connectivity index (χ0) is 95.8. The van der Waals surface area contributed by atoms with Gasteiger partial charge in [-0.05, 0) is 208 Å². The van der Waals surface area contributed by atoms with Crippen LogP contribution >= 0.6 is 0 Å². The predicted molar refractivity (Wildman–Crippen MR) is 517 cm³/mol. The molecule has 10 heteroatoms. The van der Waals surface area contributed by atoms with Crippen molar-refractivity contribution in [1.29, 1.82) is 0 Å². The number of pyridine rings is 10. The van der Waals surface area contributed by atoms with Crippen molar-refractivity contribution in [2.75, 3.05) is 0 Å². The summed E-state index contributed by atoms with van der Waals surface area (Å²) >= 11 is 0. The van der Waals surface area contributed by atoms with Crippen LogP contribution < -0.4 is 22.8 Å². The molecule has 0 aliphatic heterocycles. The lowest BCUT2D eigenvalue weighted by atomic mass is 9.78. The van der Waals surface area contributed by atoms with E-state index in [-0.39, 0.29) is 21.7 Å². The van der Waals surface area contributed by atoms with Gasteiger partial charge in [-0.1, -0.05) is 202 Å². The molecule has 0 saturated carbocycles. The van der Waals surface area contributed by atoms with Crippen LogP contribution in [0.15, 0.2) is 244 Å². The molecule has 0 saturated heterocycles. The van der Waals surface area contributed by atoms with Crippen molar-refractivity contribution in [2.24, 2.45) is 35.2 Å². The molecular weight excluding hydrogens is 1530 g/mol. The molecule has 0 spiro atoms. The van der Waals surface area contributed by atoms with Gasteiger partial charge in [0.2, 0.25) is 28.5 Å². The van der Waals surface area contributed by atoms with E-state index in [1.165, 1.54) is 135 Å². The van der Waals surface area contributed by atoms with Crippen LogP contribution in [0.1, 0.15) is 243 Å². The number of rotatable bonds is 9. The Morgan fingerprint density at radius 1 is 0.310 bits per heavy atom. The minimum absolute atomic E-state index is 0.0461. The Bertz CT molecular complexity index is 7020. The van der Waals surface area contributed by atoms with Gasteiger partial charge in [0.15, 0.2) is 31.0 Å². The Morgan fingerprint density at radius 2 is 0.563 bits per heavy atom. The molecule has 2 unspecified atom stereocenters. The average Bonchev–Trinajstić information content (AvgIpc) is 1.53. The molecule has 10 heterocycles. The van der Waals surface area contributed by atoms with Crippen LogP contribution in [0.3, 0.4) is 0 Å². The summed E-state index contributed by atoms with van der Waals surface area (Å²) in [6.07, 6.45) is 21.8. The van der Waals surface area contributed by atoms with E-state index in [1.807, 2.05) is 100 Å². The van der Waals surface area contributed by atoms with Gasteiger partial charge in [0, 0.05) is 156 Å². The zero-order valence-corrected chi connectivity index (χ0v) is 78.6. The summed E-state index contributed by atoms with van der Waals surface area (Å²) in [5.74, 6) is -1.18. The summed E-state index contributed by atoms with van der Waals surface area (Å²) in [6.45, 7) is 38.9. The maximum Gasteiger partial charge on any atom is 0.213 e. The molecule has 10 nitrogen and oxygen atoms in total. The third-order valence-electron chi connectivity index (χ3n) is 27.9. The van der Waals surface area contributed by atoms with Crippen LogP contribution in [-0.4, -0.2) is 24.9 Å². The summed E-state index contributed by atoms with van der Waals surface area (Å²) in [5, 5.41) is 0. The number of hydrogen-bond donors (Lipinski definition) is 0. The topological polar surface area (TPSA) is 83.9 Å². The van der Waals surface area contributed by atoms with Crippen LogP contribution in [0.2, 0.25) is 0 Å². The summed E-state index contributed by atoms with van der Waals surface area (Å²) in [7, 11) is 10.4. The maximum atomic E-state index is 8.56. The van der Waals surface area contributed by atoms with E-state index in [0.29, 0.717) is 11.5 Å². The van der Waals surface area contributed by atoms with E-state index in [4.69, 9.17) is 24.5 Å². The molecule has 2 atom stereocenters. The number of nitrogens with zero attached hydrogens (tertiary/aromatic N) is 10. The number of fused-ring (bicyclic) bond motifs is 15. The molecule has 0 N–H and O–H groups in total. The Hall–Kier alpha value is -12.4. The molecule has 10 aromatic heterocycles. The maximum absolute atomic E-state index is 8.56. The van der Waals surface area contributed by atoms with Crippen molar-refractivity contribution < 1.29 is 32.4 Å². The normalized spacial score (nSPS) is 16.6. The molecular formula is C116H127N10+5. The van der Waals surface area contributed by atoms with Crippen LogP contribution in [0.25, 0.3) is 113 Å². The monoisotopic (exact) mass is 1670 g/mol. The Balaban J connectivity index is 0.000000121. The van der Waals surface area contributed by atoms with Gasteiger partial charge in [-0.3, -0.25) is 24.9 Å². The summed E-state index contributed by atoms with van der Waals surface area (Å²) < 4.78 is 68.1. The summed E-state index contributed by atoms with van der Waals surface area (Å²) in [5.41, 5.74) is 45.6. The second kappa shape index (κ2) is 33.2. The van der Waals surface area contributed by atoms with Crippen LogP contribution in [0.4, 0.5) is 0 Å². The second-order valence-corrected chi connectivity index (χ2v) is 38.1. The fourth-order valence-corrected chi connectivity index (χ4v) is 20.8. The molecule has 5 aliphatic rings. The van der Waals surface area contributed by atoms with Crippen molar-refractivity contribution in [1.82, 2.24) is 24.9 Å². The molecule has 5 aromatic carbocycles. The van der Waals surface area contributed by atoms with Crippen molar-refractivity contribution in [3.63, 3.8) is 0 Å². The number of hydrogen-bond acceptors (Lipinski definition) is 5. The predicted octanol–water partition coefficient (Wildman–Crippen LogP) is 24.6. The summed E-state index contributed by atoms with van der Waals surface area (Å²) in [6, 6.07) is 64.0. The highest BCUT2D eigenvalue weighted by atomic mass is 14.9. The minimum Gasteiger partial charge on any atom is -0.256 e. The van der Waals surface area contributed by atoms with Crippen molar-refractivity contribution in [2.45, 2.75) is 204 Å². The van der Waals surface area contributed by atoms with E-state index < -0.39 is 25.0 Å². The molecule has 0 amide bonds. The lowest BCUT2D eigenvalue weighted by Gasteiger charge is -2.24. The Morgan fingerprint density at radius 3 is 0.849 bits per heavy atom. The van der Waals surface area contributed by atoms with Gasteiger partial charge < -0.3 is 0 Å². The molecule has 5 aliphatic carbocycles. The van der Waals surface area contributed by atoms with Crippen molar-refractivity contribution in [3.8, 4) is 113 Å². The molecule has 20 rings (SSSR count). The minimum atomic E-state index is -2.42. The lowest BCUT2D eigenvalue weighted by Crippen LogP contribution is -2.32. The summed E-state index contributed by atoms with van der Waals surface area (Å²) in [4.78, 5) is 23.4. The number of benzene rings is 5. The van der Waals surface area contributed by atoms with Crippen LogP contribution in [0, 0.1) is 41.5 Å². The first kappa shape index (κ1) is 78.3. The molecule has 126 heavy (non-hydrogen) atoms. The van der Waals surface area contributed by atoms with Gasteiger partial charge in [-0.25, -0.2) is 22.8 Å². The first-order chi connectivity index (χ1) is 62.7. The Kier molecular flexibility index (Phi) is 20.6. The van der Waals surface area contributed by atoms with Crippen molar-refractivity contribution in [3.05, 3.63) is 355 Å². The Labute approximate surface area is 759 Å². The van der Waals surface area contributed by atoms with Gasteiger partial charge in [-0.2, -0.15) is 0 Å². The van der Waals surface area contributed by atoms with Crippen LogP contribution in [-0.2, 0) is 75.2 Å². The second-order valence-electron chi connectivity index (χ2n) is 38.1. The third-order valence-corrected chi connectivity index (χ3v) is 27.9. The number of aromatic nitrogens is 10. The number of aryl methyl sites for hydroxylation is 13. The van der Waals surface area contributed by atoms with E-state index in [0.717, 1.165) is 103 Å². The molecule has 15 aromatic rings. The highest BCUT2D eigenvalue weighted by Crippen LogP contribution is 2.58. The smallest absolute Gasteiger partial charge is 0.213 e. The first-order valence-corrected chi connectivity index (χ1v) is 44.7. The SMILES string of the molecule is CCc1cc[n+](C)c(-c2c(C)ccc3c2C(C)(C)c2cccnc2-3)c1.CCc1cc[n+](C)c(-c2c(C)ccc3c2C(C)(C)c2cccnc2-3)c1.Cc1ccc2c(c1-c1cc(C(C)C)cc[n+]1C)C(C)(C)c1cccnc1-2.[2H]C([2H])([2H])C([2H])(C)c1cc[n+](C)c(-c2c(C)ccc3c2C(C)(C)c2cccnc2-3)c1.[2H]C([2H])([2H])C1(C)c2cccnc2-c2ccc(C)c(-c3cc(C)cc[n+]3C)c21. The fraction of sp³-hybridized carbons (Fsp3) is 0.310. The molecule has 0 fully saturated rings. The van der Waals surface area contributed by atoms with E-state index in [9.17, 15) is 0 Å². The lowest BCUT2D eigenvalue weighted by molar-refractivity contribution is -0.660. The zero-order valence-electron chi connectivity index (χ0n) is 85.6. The molecule has 0 radical (unpaired) electrons. The van der Waals surface area contributed by atoms with Gasteiger partial charge in [0.25, 0.3) is 0 Å². The average molecular weight is 1670 g/mol.